The molecule has 2 aromatic heterocycles. The highest BCUT2D eigenvalue weighted by atomic mass is 19.1. The van der Waals surface area contributed by atoms with E-state index in [1.165, 1.54) is 17.1 Å². The average molecular weight is 442 g/mol. The van der Waals surface area contributed by atoms with Crippen molar-refractivity contribution in [3.8, 4) is 11.8 Å². The number of fused-ring (bicyclic) bond motifs is 1. The van der Waals surface area contributed by atoms with Crippen LogP contribution < -0.4 is 5.32 Å². The molecule has 0 fully saturated rings. The van der Waals surface area contributed by atoms with Gasteiger partial charge in [0.1, 0.15) is 17.3 Å². The summed E-state index contributed by atoms with van der Waals surface area (Å²) in [7, 11) is 0. The summed E-state index contributed by atoms with van der Waals surface area (Å²) in [4.78, 5) is 17.1. The first kappa shape index (κ1) is 20.3. The van der Waals surface area contributed by atoms with E-state index in [0.29, 0.717) is 34.6 Å². The molecule has 2 amide bonds. The number of anilines is 1. The number of nitrogens with zero attached hydrogens (tertiary/aromatic N) is 5. The first-order valence-electron chi connectivity index (χ1n) is 10.1. The molecule has 162 valence electrons. The molecule has 9 heteroatoms. The van der Waals surface area contributed by atoms with Crippen molar-refractivity contribution in [1.82, 2.24) is 19.6 Å². The van der Waals surface area contributed by atoms with Crippen LogP contribution in [0.5, 0.6) is 0 Å². The molecule has 0 aliphatic carbocycles. The quantitative estimate of drug-likeness (QED) is 0.469. The van der Waals surface area contributed by atoms with Crippen LogP contribution in [0.25, 0.3) is 5.65 Å². The Balaban J connectivity index is 1.33. The molecule has 1 N–H and O–H groups in total. The summed E-state index contributed by atoms with van der Waals surface area (Å²) in [6.45, 7) is 0. The fourth-order valence-corrected chi connectivity index (χ4v) is 3.56. The molecule has 0 unspecified atom stereocenters. The highest BCUT2D eigenvalue weighted by Gasteiger charge is 2.29. The van der Waals surface area contributed by atoms with E-state index in [1.54, 1.807) is 47.4 Å². The Morgan fingerprint density at radius 1 is 1.06 bits per heavy atom. The number of imidazole rings is 1. The van der Waals surface area contributed by atoms with Gasteiger partial charge in [0.2, 0.25) is 0 Å². The molecule has 7 nitrogen and oxygen atoms in total. The third-order valence-electron chi connectivity index (χ3n) is 5.03. The van der Waals surface area contributed by atoms with E-state index in [0.717, 1.165) is 6.07 Å². The number of benzene rings is 2. The van der Waals surface area contributed by atoms with E-state index >= 15 is 0 Å². The molecule has 0 bridgehead atoms. The molecular weight excluding hydrogens is 426 g/mol. The summed E-state index contributed by atoms with van der Waals surface area (Å²) >= 11 is 0. The number of rotatable bonds is 2. The van der Waals surface area contributed by atoms with Gasteiger partial charge in [-0.15, -0.1) is 0 Å². The Morgan fingerprint density at radius 3 is 2.76 bits per heavy atom. The zero-order valence-electron chi connectivity index (χ0n) is 17.1. The maximum atomic E-state index is 13.6. The molecule has 0 saturated heterocycles. The number of aromatic nitrogens is 3. The normalized spacial score (nSPS) is 14.8. The van der Waals surface area contributed by atoms with Crippen LogP contribution in [0.3, 0.4) is 0 Å². The second-order valence-electron chi connectivity index (χ2n) is 7.29. The summed E-state index contributed by atoms with van der Waals surface area (Å²) < 4.78 is 28.9. The number of hydrazone groups is 1. The third-order valence-corrected chi connectivity index (χ3v) is 5.03. The number of nitrogens with one attached hydrogen (secondary N) is 1. The lowest BCUT2D eigenvalue weighted by atomic mass is 10.0. The third kappa shape index (κ3) is 4.27. The van der Waals surface area contributed by atoms with Gasteiger partial charge in [-0.2, -0.15) is 10.2 Å². The highest BCUT2D eigenvalue weighted by molar-refractivity contribution is 5.91. The molecule has 4 aromatic rings. The highest BCUT2D eigenvalue weighted by Crippen LogP contribution is 2.30. The predicted octanol–water partition coefficient (Wildman–Crippen LogP) is 4.37. The van der Waals surface area contributed by atoms with E-state index in [1.807, 2.05) is 12.1 Å². The van der Waals surface area contributed by atoms with Crippen molar-refractivity contribution < 1.29 is 13.6 Å². The van der Waals surface area contributed by atoms with Gasteiger partial charge in [0, 0.05) is 36.1 Å². The molecule has 1 aliphatic heterocycles. The first-order valence-corrected chi connectivity index (χ1v) is 10.1. The summed E-state index contributed by atoms with van der Waals surface area (Å²) in [5, 5.41) is 12.2. The van der Waals surface area contributed by atoms with Gasteiger partial charge < -0.3 is 5.32 Å². The summed E-state index contributed by atoms with van der Waals surface area (Å²) in [5.74, 6) is 4.66. The molecule has 1 atom stereocenters. The number of hydrogen-bond acceptors (Lipinski definition) is 4. The van der Waals surface area contributed by atoms with Crippen LogP contribution in [0.4, 0.5) is 19.3 Å². The lowest BCUT2D eigenvalue weighted by Gasteiger charge is -2.22. The molecular formula is C24H16F2N6O. The van der Waals surface area contributed by atoms with Crippen molar-refractivity contribution in [2.75, 3.05) is 5.32 Å². The van der Waals surface area contributed by atoms with Crippen LogP contribution in [0.15, 0.2) is 72.1 Å². The molecule has 5 rings (SSSR count). The van der Waals surface area contributed by atoms with Crippen LogP contribution in [0.2, 0.25) is 0 Å². The molecule has 33 heavy (non-hydrogen) atoms. The second-order valence-corrected chi connectivity index (χ2v) is 7.29. The summed E-state index contributed by atoms with van der Waals surface area (Å²) in [6.07, 6.45) is 5.19. The largest absolute Gasteiger partial charge is 0.342 e. The summed E-state index contributed by atoms with van der Waals surface area (Å²) in [6, 6.07) is 12.7. The van der Waals surface area contributed by atoms with Crippen molar-refractivity contribution in [2.24, 2.45) is 5.10 Å². The predicted molar refractivity (Wildman–Crippen MR) is 118 cm³/mol. The molecule has 2 aromatic carbocycles. The van der Waals surface area contributed by atoms with E-state index < -0.39 is 23.7 Å². The number of amides is 2. The number of carbonyl (C=O) groups is 1. The number of halogens is 2. The van der Waals surface area contributed by atoms with Gasteiger partial charge in [0.05, 0.1) is 12.2 Å². The van der Waals surface area contributed by atoms with Crippen LogP contribution in [-0.4, -0.2) is 31.9 Å². The minimum Gasteiger partial charge on any atom is -0.306 e. The smallest absolute Gasteiger partial charge is 0.306 e. The van der Waals surface area contributed by atoms with E-state index in [-0.39, 0.29) is 0 Å². The molecule has 0 spiro atoms. The second kappa shape index (κ2) is 8.51. The van der Waals surface area contributed by atoms with Crippen LogP contribution >= 0.6 is 0 Å². The van der Waals surface area contributed by atoms with Crippen molar-refractivity contribution in [3.63, 3.8) is 0 Å². The van der Waals surface area contributed by atoms with E-state index in [9.17, 15) is 13.6 Å². The molecule has 3 heterocycles. The standard InChI is InChI=1S/C24H16F2N6O/c25-18-12-17(13-19(26)14-18)22-8-10-29-32(22)24(33)30-20-4-1-3-16(11-20)6-7-21-15-27-23-5-2-9-28-31(21)23/h1-5,9-15,22H,8H2,(H,30,33)/t22-/m1/s1. The van der Waals surface area contributed by atoms with E-state index in [2.05, 4.69) is 32.3 Å². The lowest BCUT2D eigenvalue weighted by molar-refractivity contribution is 0.200. The van der Waals surface area contributed by atoms with E-state index in [4.69, 9.17) is 0 Å². The van der Waals surface area contributed by atoms with Crippen LogP contribution in [0.1, 0.15) is 29.3 Å². The van der Waals surface area contributed by atoms with Gasteiger partial charge in [0.25, 0.3) is 0 Å². The van der Waals surface area contributed by atoms with Gasteiger partial charge in [-0.1, -0.05) is 12.0 Å². The molecule has 0 saturated carbocycles. The minimum absolute atomic E-state index is 0.335. The summed E-state index contributed by atoms with van der Waals surface area (Å²) in [5.41, 5.74) is 2.85. The number of urea groups is 1. The van der Waals surface area contributed by atoms with Crippen LogP contribution in [0, 0.1) is 23.5 Å². The first-order chi connectivity index (χ1) is 16.1. The zero-order valence-corrected chi connectivity index (χ0v) is 17.1. The SMILES string of the molecule is O=C(Nc1cccc(C#Cc2cnc3cccnn23)c1)N1N=CC[C@@H]1c1cc(F)cc(F)c1. The zero-order chi connectivity index (χ0) is 22.8. The average Bonchev–Trinajstić information content (AvgIpc) is 3.45. The van der Waals surface area contributed by atoms with Gasteiger partial charge in [-0.3, -0.25) is 0 Å². The number of carbonyl (C=O) groups excluding carboxylic acids is 1. The van der Waals surface area contributed by atoms with Crippen molar-refractivity contribution in [1.29, 1.82) is 0 Å². The monoisotopic (exact) mass is 442 g/mol. The van der Waals surface area contributed by atoms with Crippen molar-refractivity contribution in [2.45, 2.75) is 12.5 Å². The topological polar surface area (TPSA) is 74.9 Å². The maximum Gasteiger partial charge on any atom is 0.342 e. The molecule has 1 aliphatic rings. The fraction of sp³-hybridized carbons (Fsp3) is 0.0833. The van der Waals surface area contributed by atoms with Gasteiger partial charge >= 0.3 is 6.03 Å². The van der Waals surface area contributed by atoms with Gasteiger partial charge in [0.15, 0.2) is 5.65 Å². The Labute approximate surface area is 187 Å². The fourth-order valence-electron chi connectivity index (χ4n) is 3.56. The lowest BCUT2D eigenvalue weighted by Crippen LogP contribution is -2.31. The van der Waals surface area contributed by atoms with Crippen molar-refractivity contribution >= 4 is 23.6 Å². The van der Waals surface area contributed by atoms with Gasteiger partial charge in [-0.25, -0.2) is 28.1 Å². The Hall–Kier alpha value is -4.58. The Kier molecular flexibility index (Phi) is 5.24. The number of hydrogen-bond donors (Lipinski definition) is 1. The van der Waals surface area contributed by atoms with Crippen molar-refractivity contribution in [3.05, 3.63) is 95.4 Å². The van der Waals surface area contributed by atoms with Gasteiger partial charge in [-0.05, 0) is 53.9 Å². The van der Waals surface area contributed by atoms with Crippen LogP contribution in [-0.2, 0) is 0 Å². The Morgan fingerprint density at radius 2 is 1.91 bits per heavy atom. The minimum atomic E-state index is -0.704. The maximum absolute atomic E-state index is 13.6. The Bertz CT molecular complexity index is 1430. The molecule has 0 radical (unpaired) electrons.